The van der Waals surface area contributed by atoms with E-state index in [9.17, 15) is 5.11 Å². The standard InChI is InChI=1S/C14H18N2O2/c1-4-16-10-12(9-15-16)14(2,17)11-5-7-13(18-3)8-6-11/h5-10,17H,4H2,1-3H3. The molecule has 0 bridgehead atoms. The first-order chi connectivity index (χ1) is 8.57. The van der Waals surface area contributed by atoms with Gasteiger partial charge < -0.3 is 9.84 Å². The van der Waals surface area contributed by atoms with E-state index in [4.69, 9.17) is 4.74 Å². The molecule has 18 heavy (non-hydrogen) atoms. The third-order valence-corrected chi connectivity index (χ3v) is 3.17. The number of nitrogens with zero attached hydrogens (tertiary/aromatic N) is 2. The Labute approximate surface area is 107 Å². The minimum Gasteiger partial charge on any atom is -0.497 e. The van der Waals surface area contributed by atoms with E-state index in [-0.39, 0.29) is 0 Å². The molecular formula is C14H18N2O2. The van der Waals surface area contributed by atoms with Gasteiger partial charge in [0.05, 0.1) is 13.3 Å². The van der Waals surface area contributed by atoms with E-state index in [1.807, 2.05) is 37.4 Å². The number of aromatic nitrogens is 2. The van der Waals surface area contributed by atoms with Crippen LogP contribution in [0.4, 0.5) is 0 Å². The molecule has 96 valence electrons. The minimum absolute atomic E-state index is 0.777. The van der Waals surface area contributed by atoms with Gasteiger partial charge in [-0.1, -0.05) is 12.1 Å². The summed E-state index contributed by atoms with van der Waals surface area (Å²) >= 11 is 0. The van der Waals surface area contributed by atoms with E-state index in [1.54, 1.807) is 24.9 Å². The Balaban J connectivity index is 2.33. The van der Waals surface area contributed by atoms with Crippen LogP contribution >= 0.6 is 0 Å². The fourth-order valence-electron chi connectivity index (χ4n) is 1.87. The molecule has 1 unspecified atom stereocenters. The van der Waals surface area contributed by atoms with Gasteiger partial charge in [-0.15, -0.1) is 0 Å². The normalized spacial score (nSPS) is 14.2. The quantitative estimate of drug-likeness (QED) is 0.899. The SMILES string of the molecule is CCn1cc(C(C)(O)c2ccc(OC)cc2)cn1. The zero-order valence-corrected chi connectivity index (χ0v) is 10.9. The van der Waals surface area contributed by atoms with Crippen LogP contribution in [0.1, 0.15) is 25.0 Å². The second-order valence-electron chi connectivity index (χ2n) is 4.39. The number of ether oxygens (including phenoxy) is 1. The number of methoxy groups -OCH3 is 1. The van der Waals surface area contributed by atoms with E-state index in [2.05, 4.69) is 5.10 Å². The third-order valence-electron chi connectivity index (χ3n) is 3.17. The Morgan fingerprint density at radius 1 is 1.28 bits per heavy atom. The van der Waals surface area contributed by atoms with Crippen molar-refractivity contribution in [1.29, 1.82) is 0 Å². The molecule has 0 saturated carbocycles. The highest BCUT2D eigenvalue weighted by atomic mass is 16.5. The molecular weight excluding hydrogens is 228 g/mol. The summed E-state index contributed by atoms with van der Waals surface area (Å²) in [4.78, 5) is 0. The fraction of sp³-hybridized carbons (Fsp3) is 0.357. The molecule has 2 aromatic rings. The summed E-state index contributed by atoms with van der Waals surface area (Å²) in [5.74, 6) is 0.777. The molecule has 0 spiro atoms. The number of aliphatic hydroxyl groups is 1. The average Bonchev–Trinajstić information content (AvgIpc) is 2.88. The maximum atomic E-state index is 10.6. The summed E-state index contributed by atoms with van der Waals surface area (Å²) in [5, 5.41) is 14.8. The molecule has 1 aromatic carbocycles. The third kappa shape index (κ3) is 2.24. The summed E-state index contributed by atoms with van der Waals surface area (Å²) in [6, 6.07) is 7.41. The van der Waals surface area contributed by atoms with Crippen LogP contribution in [0.2, 0.25) is 0 Å². The molecule has 0 fully saturated rings. The van der Waals surface area contributed by atoms with Crippen molar-refractivity contribution in [2.24, 2.45) is 0 Å². The van der Waals surface area contributed by atoms with Crippen LogP contribution < -0.4 is 4.74 Å². The van der Waals surface area contributed by atoms with Gasteiger partial charge in [-0.3, -0.25) is 4.68 Å². The highest BCUT2D eigenvalue weighted by Gasteiger charge is 2.27. The lowest BCUT2D eigenvalue weighted by Crippen LogP contribution is -2.22. The molecule has 4 nitrogen and oxygen atoms in total. The predicted molar refractivity (Wildman–Crippen MR) is 69.6 cm³/mol. The van der Waals surface area contributed by atoms with Crippen LogP contribution in [0, 0.1) is 0 Å². The summed E-state index contributed by atoms with van der Waals surface area (Å²) in [6.45, 7) is 4.57. The average molecular weight is 246 g/mol. The number of hydrogen-bond donors (Lipinski definition) is 1. The smallest absolute Gasteiger partial charge is 0.118 e. The molecule has 0 saturated heterocycles. The highest BCUT2D eigenvalue weighted by molar-refractivity contribution is 5.36. The van der Waals surface area contributed by atoms with Crippen LogP contribution in [-0.2, 0) is 12.1 Å². The Morgan fingerprint density at radius 2 is 1.94 bits per heavy atom. The van der Waals surface area contributed by atoms with Crippen molar-refractivity contribution in [2.75, 3.05) is 7.11 Å². The lowest BCUT2D eigenvalue weighted by molar-refractivity contribution is 0.102. The zero-order chi connectivity index (χ0) is 13.2. The van der Waals surface area contributed by atoms with Crippen LogP contribution in [0.15, 0.2) is 36.7 Å². The molecule has 1 heterocycles. The summed E-state index contributed by atoms with van der Waals surface area (Å²) in [6.07, 6.45) is 3.57. The Kier molecular flexibility index (Phi) is 3.39. The van der Waals surface area contributed by atoms with Crippen molar-refractivity contribution in [3.63, 3.8) is 0 Å². The topological polar surface area (TPSA) is 47.3 Å². The van der Waals surface area contributed by atoms with Gasteiger partial charge in [0.15, 0.2) is 0 Å². The van der Waals surface area contributed by atoms with Crippen LogP contribution in [0.5, 0.6) is 5.75 Å². The first-order valence-corrected chi connectivity index (χ1v) is 5.97. The second kappa shape index (κ2) is 4.82. The lowest BCUT2D eigenvalue weighted by atomic mass is 9.90. The van der Waals surface area contributed by atoms with Gasteiger partial charge in [-0.2, -0.15) is 5.10 Å². The molecule has 1 N–H and O–H groups in total. The van der Waals surface area contributed by atoms with Gasteiger partial charge in [0.2, 0.25) is 0 Å². The van der Waals surface area contributed by atoms with Crippen molar-refractivity contribution in [3.05, 3.63) is 47.8 Å². The van der Waals surface area contributed by atoms with Gasteiger partial charge in [-0.25, -0.2) is 0 Å². The maximum Gasteiger partial charge on any atom is 0.118 e. The lowest BCUT2D eigenvalue weighted by Gasteiger charge is -2.22. The first kappa shape index (κ1) is 12.6. The van der Waals surface area contributed by atoms with E-state index in [0.29, 0.717) is 0 Å². The van der Waals surface area contributed by atoms with Crippen molar-refractivity contribution < 1.29 is 9.84 Å². The van der Waals surface area contributed by atoms with Crippen LogP contribution in [-0.4, -0.2) is 22.0 Å². The molecule has 0 aliphatic rings. The number of benzene rings is 1. The molecule has 0 radical (unpaired) electrons. The van der Waals surface area contributed by atoms with Crippen molar-refractivity contribution in [1.82, 2.24) is 9.78 Å². The van der Waals surface area contributed by atoms with Gasteiger partial charge in [0, 0.05) is 18.3 Å². The van der Waals surface area contributed by atoms with Crippen molar-refractivity contribution in [3.8, 4) is 5.75 Å². The summed E-state index contributed by atoms with van der Waals surface area (Å²) in [5.41, 5.74) is 0.563. The molecule has 4 heteroatoms. The molecule has 2 rings (SSSR count). The van der Waals surface area contributed by atoms with Crippen molar-refractivity contribution in [2.45, 2.75) is 26.0 Å². The molecule has 1 aromatic heterocycles. The van der Waals surface area contributed by atoms with E-state index in [0.717, 1.165) is 23.4 Å². The first-order valence-electron chi connectivity index (χ1n) is 5.97. The van der Waals surface area contributed by atoms with E-state index in [1.165, 1.54) is 0 Å². The van der Waals surface area contributed by atoms with Gasteiger partial charge in [0.25, 0.3) is 0 Å². The molecule has 0 amide bonds. The number of hydrogen-bond acceptors (Lipinski definition) is 3. The van der Waals surface area contributed by atoms with Crippen LogP contribution in [0.3, 0.4) is 0 Å². The van der Waals surface area contributed by atoms with E-state index >= 15 is 0 Å². The van der Waals surface area contributed by atoms with Crippen molar-refractivity contribution >= 4 is 0 Å². The maximum absolute atomic E-state index is 10.6. The predicted octanol–water partition coefficient (Wildman–Crippen LogP) is 2.17. The Morgan fingerprint density at radius 3 is 2.44 bits per heavy atom. The Bertz CT molecular complexity index is 515. The monoisotopic (exact) mass is 246 g/mol. The summed E-state index contributed by atoms with van der Waals surface area (Å²) < 4.78 is 6.91. The summed E-state index contributed by atoms with van der Waals surface area (Å²) in [7, 11) is 1.62. The Hall–Kier alpha value is -1.81. The fourth-order valence-corrected chi connectivity index (χ4v) is 1.87. The highest BCUT2D eigenvalue weighted by Crippen LogP contribution is 2.29. The zero-order valence-electron chi connectivity index (χ0n) is 10.9. The van der Waals surface area contributed by atoms with Gasteiger partial charge in [0.1, 0.15) is 11.4 Å². The van der Waals surface area contributed by atoms with Gasteiger partial charge in [-0.05, 0) is 31.5 Å². The molecule has 0 aliphatic heterocycles. The minimum atomic E-state index is -1.04. The molecule has 1 atom stereocenters. The number of rotatable bonds is 4. The van der Waals surface area contributed by atoms with Gasteiger partial charge >= 0.3 is 0 Å². The van der Waals surface area contributed by atoms with E-state index < -0.39 is 5.60 Å². The number of aryl methyl sites for hydroxylation is 1. The van der Waals surface area contributed by atoms with Crippen LogP contribution in [0.25, 0.3) is 0 Å². The second-order valence-corrected chi connectivity index (χ2v) is 4.39. The molecule has 0 aliphatic carbocycles. The largest absolute Gasteiger partial charge is 0.497 e.